The third-order valence-corrected chi connectivity index (χ3v) is 8.62. The maximum atomic E-state index is 9.82. The van der Waals surface area contributed by atoms with Crippen molar-refractivity contribution in [1.29, 1.82) is 0 Å². The van der Waals surface area contributed by atoms with Gasteiger partial charge in [0.05, 0.1) is 6.61 Å². The van der Waals surface area contributed by atoms with Crippen molar-refractivity contribution in [3.8, 4) is 0 Å². The molecular weight excluding hydrogens is 588 g/mol. The lowest BCUT2D eigenvalue weighted by Crippen LogP contribution is -2.04. The molecule has 3 aliphatic carbocycles. The summed E-state index contributed by atoms with van der Waals surface area (Å²) in [4.78, 5) is 9.82. The van der Waals surface area contributed by atoms with Crippen LogP contribution in [0.15, 0.2) is 106 Å². The van der Waals surface area contributed by atoms with Crippen molar-refractivity contribution in [1.82, 2.24) is 0 Å². The van der Waals surface area contributed by atoms with Crippen LogP contribution in [0.5, 0.6) is 0 Å². The van der Waals surface area contributed by atoms with Crippen LogP contribution in [0.3, 0.4) is 0 Å². The largest absolute Gasteiger partial charge is 0.466 e. The number of rotatable bonds is 1. The Morgan fingerprint density at radius 2 is 0.667 bits per heavy atom. The van der Waals surface area contributed by atoms with Crippen LogP contribution in [-0.2, 0) is 48.1 Å². The molecule has 3 nitrogen and oxygen atoms in total. The Labute approximate surface area is 293 Å². The van der Waals surface area contributed by atoms with Gasteiger partial charge in [0.2, 0.25) is 0 Å². The molecule has 3 aliphatic rings. The van der Waals surface area contributed by atoms with E-state index in [4.69, 9.17) is 5.11 Å². The number of carbonyl (C=O) groups is 1. The predicted octanol–water partition coefficient (Wildman–Crippen LogP) is 11.3. The molecule has 0 amide bonds. The summed E-state index contributed by atoms with van der Waals surface area (Å²) < 4.78 is 4.40. The summed E-state index contributed by atoms with van der Waals surface area (Å²) in [5.41, 5.74) is 18.4. The summed E-state index contributed by atoms with van der Waals surface area (Å²) in [6.07, 6.45) is 8.18. The predicted molar refractivity (Wildman–Crippen MR) is 208 cm³/mol. The Morgan fingerprint density at radius 3 is 0.771 bits per heavy atom. The first kappa shape index (κ1) is 42.3. The Bertz CT molecular complexity index is 1240. The van der Waals surface area contributed by atoms with Crippen LogP contribution >= 0.6 is 0 Å². The second-order valence-electron chi connectivity index (χ2n) is 13.0. The van der Waals surface area contributed by atoms with Gasteiger partial charge >= 0.3 is 5.97 Å². The molecule has 0 spiro atoms. The fraction of sp³-hybridized carbons (Fsp3) is 0.444. The van der Waals surface area contributed by atoms with Crippen LogP contribution in [-0.4, -0.2) is 24.3 Å². The number of allylic oxidation sites excluding steroid dienone is 6. The van der Waals surface area contributed by atoms with Crippen molar-refractivity contribution in [3.05, 3.63) is 140 Å². The van der Waals surface area contributed by atoms with E-state index in [2.05, 4.69) is 133 Å². The molecule has 0 saturated carbocycles. The molecule has 0 aromatic heterocycles. The van der Waals surface area contributed by atoms with Crippen molar-refractivity contribution < 1.29 is 14.6 Å². The number of aliphatic hydroxyl groups excluding tert-OH is 1. The summed E-state index contributed by atoms with van der Waals surface area (Å²) in [7, 11) is 0. The zero-order valence-electron chi connectivity index (χ0n) is 32.1. The van der Waals surface area contributed by atoms with Crippen molar-refractivity contribution in [2.24, 2.45) is 0 Å². The number of hydrogen-bond acceptors (Lipinski definition) is 3. The Kier molecular flexibility index (Phi) is 20.8. The molecule has 0 heterocycles. The first-order chi connectivity index (χ1) is 22.9. The third-order valence-electron chi connectivity index (χ3n) is 8.62. The van der Waals surface area contributed by atoms with Crippen LogP contribution < -0.4 is 0 Å². The molecule has 3 aromatic rings. The lowest BCUT2D eigenvalue weighted by Gasteiger charge is -2.18. The Morgan fingerprint density at radius 1 is 0.500 bits per heavy atom. The third kappa shape index (κ3) is 15.5. The van der Waals surface area contributed by atoms with Gasteiger partial charge < -0.3 is 9.84 Å². The maximum Gasteiger partial charge on any atom is 0.302 e. The van der Waals surface area contributed by atoms with E-state index in [0.717, 1.165) is 38.5 Å². The highest BCUT2D eigenvalue weighted by Crippen LogP contribution is 2.27. The Hall–Kier alpha value is -3.69. The van der Waals surface area contributed by atoms with Gasteiger partial charge in [-0.1, -0.05) is 127 Å². The SMILES string of the molecule is CC1=C(C)Cc2ccccc2C1.CC1=C(C)Cc2ccccc2C1.CC1=C(C)Cc2ccccc2C1.CCC.CCO.CCOC(C)=O. The smallest absolute Gasteiger partial charge is 0.302 e. The lowest BCUT2D eigenvalue weighted by atomic mass is 9.88. The van der Waals surface area contributed by atoms with Crippen LogP contribution in [0, 0.1) is 0 Å². The van der Waals surface area contributed by atoms with E-state index in [1.54, 1.807) is 47.3 Å². The van der Waals surface area contributed by atoms with E-state index >= 15 is 0 Å². The number of ether oxygens (including phenoxy) is 1. The monoisotopic (exact) mass is 652 g/mol. The van der Waals surface area contributed by atoms with Crippen molar-refractivity contribution >= 4 is 5.97 Å². The van der Waals surface area contributed by atoms with E-state index in [0.29, 0.717) is 6.61 Å². The second-order valence-corrected chi connectivity index (χ2v) is 13.0. The molecule has 262 valence electrons. The standard InChI is InChI=1S/3C12H14.C4H8O2.C3H8.C2H6O/c3*1-9-7-11-5-3-4-6-12(11)8-10(9)2;1-3-6-4(2)5;1-3-2;1-2-3/h3*3-6H,7-8H2,1-2H3;3H2,1-2H3;3H2,1-2H3;3H,2H2,1H3. The lowest BCUT2D eigenvalue weighted by molar-refractivity contribution is -0.140. The first-order valence-electron chi connectivity index (χ1n) is 17.8. The zero-order valence-corrected chi connectivity index (χ0v) is 32.1. The first-order valence-corrected chi connectivity index (χ1v) is 17.8. The number of hydrogen-bond donors (Lipinski definition) is 1. The molecule has 0 unspecified atom stereocenters. The van der Waals surface area contributed by atoms with Gasteiger partial charge in [-0.25, -0.2) is 0 Å². The maximum absolute atomic E-state index is 9.82. The van der Waals surface area contributed by atoms with Gasteiger partial charge in [0.25, 0.3) is 0 Å². The highest BCUT2D eigenvalue weighted by atomic mass is 16.5. The van der Waals surface area contributed by atoms with Crippen LogP contribution in [0.25, 0.3) is 0 Å². The highest BCUT2D eigenvalue weighted by molar-refractivity contribution is 5.65. The van der Waals surface area contributed by atoms with E-state index in [1.807, 2.05) is 0 Å². The zero-order chi connectivity index (χ0) is 36.1. The van der Waals surface area contributed by atoms with Crippen LogP contribution in [0.4, 0.5) is 0 Å². The minimum absolute atomic E-state index is 0.211. The number of fused-ring (bicyclic) bond motifs is 3. The normalized spacial score (nSPS) is 13.8. The molecule has 48 heavy (non-hydrogen) atoms. The molecule has 0 aliphatic heterocycles. The van der Waals surface area contributed by atoms with Gasteiger partial charge in [-0.15, -0.1) is 0 Å². The summed E-state index contributed by atoms with van der Waals surface area (Å²) in [6.45, 7) is 23.3. The van der Waals surface area contributed by atoms with Gasteiger partial charge in [-0.2, -0.15) is 0 Å². The van der Waals surface area contributed by atoms with E-state index in [9.17, 15) is 4.79 Å². The molecule has 6 rings (SSSR count). The van der Waals surface area contributed by atoms with Crippen LogP contribution in [0.1, 0.15) is 116 Å². The number of carbonyl (C=O) groups excluding carboxylic acids is 1. The minimum atomic E-state index is -0.211. The fourth-order valence-corrected chi connectivity index (χ4v) is 5.53. The molecule has 0 bridgehead atoms. The topological polar surface area (TPSA) is 46.5 Å². The van der Waals surface area contributed by atoms with E-state index < -0.39 is 0 Å². The summed E-state index contributed by atoms with van der Waals surface area (Å²) in [6, 6.07) is 26.2. The minimum Gasteiger partial charge on any atom is -0.466 e. The molecule has 0 radical (unpaired) electrons. The summed E-state index contributed by atoms with van der Waals surface area (Å²) in [5.74, 6) is -0.211. The highest BCUT2D eigenvalue weighted by Gasteiger charge is 2.12. The summed E-state index contributed by atoms with van der Waals surface area (Å²) >= 11 is 0. The Balaban J connectivity index is 0.000000310. The molecule has 3 heteroatoms. The quantitative estimate of drug-likeness (QED) is 0.210. The van der Waals surface area contributed by atoms with Crippen molar-refractivity contribution in [2.45, 2.75) is 121 Å². The average Bonchev–Trinajstić information content (AvgIpc) is 3.04. The molecule has 0 saturated heterocycles. The number of aliphatic hydroxyl groups is 1. The average molecular weight is 653 g/mol. The van der Waals surface area contributed by atoms with Crippen molar-refractivity contribution in [3.63, 3.8) is 0 Å². The second kappa shape index (κ2) is 23.6. The molecular formula is C45H64O3. The van der Waals surface area contributed by atoms with Gasteiger partial charge in [0.15, 0.2) is 0 Å². The van der Waals surface area contributed by atoms with Gasteiger partial charge in [0, 0.05) is 13.5 Å². The number of esters is 1. The van der Waals surface area contributed by atoms with E-state index in [1.165, 1.54) is 46.7 Å². The van der Waals surface area contributed by atoms with Gasteiger partial charge in [-0.05, 0) is 127 Å². The molecule has 0 atom stereocenters. The molecule has 3 aromatic carbocycles. The number of benzene rings is 3. The molecule has 1 N–H and O–H groups in total. The van der Waals surface area contributed by atoms with Gasteiger partial charge in [-0.3, -0.25) is 4.79 Å². The summed E-state index contributed by atoms with van der Waals surface area (Å²) in [5, 5.41) is 7.57. The fourth-order valence-electron chi connectivity index (χ4n) is 5.53. The van der Waals surface area contributed by atoms with Gasteiger partial charge in [0.1, 0.15) is 0 Å². The van der Waals surface area contributed by atoms with Crippen molar-refractivity contribution in [2.75, 3.05) is 13.2 Å². The van der Waals surface area contributed by atoms with Crippen LogP contribution in [0.2, 0.25) is 0 Å². The molecule has 0 fully saturated rings. The van der Waals surface area contributed by atoms with E-state index in [-0.39, 0.29) is 12.6 Å².